The zero-order valence-corrected chi connectivity index (χ0v) is 12.5. The first-order chi connectivity index (χ1) is 9.61. The van der Waals surface area contributed by atoms with Crippen molar-refractivity contribution < 1.29 is 0 Å². The van der Waals surface area contributed by atoms with Gasteiger partial charge in [0.05, 0.1) is 18.2 Å². The number of nitrogens with two attached hydrogens (primary N) is 1. The Morgan fingerprint density at radius 2 is 2.20 bits per heavy atom. The van der Waals surface area contributed by atoms with Crippen LogP contribution in [-0.2, 0) is 13.0 Å². The van der Waals surface area contributed by atoms with E-state index in [0.29, 0.717) is 12.0 Å². The highest BCUT2D eigenvalue weighted by Gasteiger charge is 2.27. The molecule has 2 atom stereocenters. The smallest absolute Gasteiger partial charge is 0.133 e. The quantitative estimate of drug-likeness (QED) is 0.935. The number of imidazole rings is 2. The highest BCUT2D eigenvalue weighted by molar-refractivity contribution is 5.68. The maximum atomic E-state index is 6.38. The number of nitrogens with zero attached hydrogens (tertiary/aromatic N) is 4. The van der Waals surface area contributed by atoms with Crippen LogP contribution in [0.1, 0.15) is 45.5 Å². The molecule has 3 rings (SSSR count). The van der Waals surface area contributed by atoms with Gasteiger partial charge in [-0.05, 0) is 25.7 Å². The van der Waals surface area contributed by atoms with Gasteiger partial charge >= 0.3 is 0 Å². The molecule has 2 aromatic heterocycles. The van der Waals surface area contributed by atoms with Crippen molar-refractivity contribution in [3.8, 4) is 11.4 Å². The molecule has 2 aromatic rings. The molecular weight excluding hydrogens is 250 g/mol. The van der Waals surface area contributed by atoms with Crippen molar-refractivity contribution in [3.63, 3.8) is 0 Å². The number of rotatable bonds is 3. The van der Waals surface area contributed by atoms with E-state index in [-0.39, 0.29) is 0 Å². The van der Waals surface area contributed by atoms with E-state index in [2.05, 4.69) is 34.9 Å². The van der Waals surface area contributed by atoms with E-state index in [0.717, 1.165) is 42.4 Å². The molecule has 108 valence electrons. The average molecular weight is 273 g/mol. The maximum Gasteiger partial charge on any atom is 0.133 e. The Hall–Kier alpha value is -1.78. The Bertz CT molecular complexity index is 610. The first-order valence-corrected chi connectivity index (χ1v) is 7.48. The van der Waals surface area contributed by atoms with E-state index >= 15 is 0 Å². The minimum Gasteiger partial charge on any atom is -0.383 e. The summed E-state index contributed by atoms with van der Waals surface area (Å²) in [4.78, 5) is 9.07. The van der Waals surface area contributed by atoms with Gasteiger partial charge in [-0.25, -0.2) is 9.97 Å². The van der Waals surface area contributed by atoms with Crippen LogP contribution in [0.25, 0.3) is 11.4 Å². The average Bonchev–Trinajstić information content (AvgIpc) is 2.94. The van der Waals surface area contributed by atoms with Crippen LogP contribution in [0.2, 0.25) is 0 Å². The Morgan fingerprint density at radius 1 is 1.40 bits per heavy atom. The number of fused-ring (bicyclic) bond motifs is 1. The molecule has 0 amide bonds. The fourth-order valence-electron chi connectivity index (χ4n) is 3.34. The fraction of sp³-hybridized carbons (Fsp3) is 0.600. The Kier molecular flexibility index (Phi) is 3.28. The number of anilines is 1. The molecule has 5 heteroatoms. The lowest BCUT2D eigenvalue weighted by molar-refractivity contribution is 0.346. The minimum atomic E-state index is 0.428. The van der Waals surface area contributed by atoms with Crippen LogP contribution in [0.3, 0.4) is 0 Å². The number of hydrogen-bond donors (Lipinski definition) is 1. The largest absolute Gasteiger partial charge is 0.383 e. The number of nitrogen functional groups attached to an aromatic ring is 1. The van der Waals surface area contributed by atoms with Gasteiger partial charge < -0.3 is 14.9 Å². The van der Waals surface area contributed by atoms with Crippen molar-refractivity contribution >= 4 is 5.82 Å². The van der Waals surface area contributed by atoms with Gasteiger partial charge in [-0.3, -0.25) is 0 Å². The molecule has 0 spiro atoms. The topological polar surface area (TPSA) is 61.7 Å². The molecule has 20 heavy (non-hydrogen) atoms. The Morgan fingerprint density at radius 3 is 2.95 bits per heavy atom. The predicted molar refractivity (Wildman–Crippen MR) is 80.3 cm³/mol. The van der Waals surface area contributed by atoms with Gasteiger partial charge in [0, 0.05) is 19.0 Å². The van der Waals surface area contributed by atoms with E-state index in [1.54, 1.807) is 0 Å². The highest BCUT2D eigenvalue weighted by atomic mass is 15.2. The molecule has 1 aliphatic heterocycles. The third-order valence-corrected chi connectivity index (χ3v) is 4.16. The predicted octanol–water partition coefficient (Wildman–Crippen LogP) is 2.88. The lowest BCUT2D eigenvalue weighted by Crippen LogP contribution is -2.22. The van der Waals surface area contributed by atoms with E-state index in [1.165, 1.54) is 6.42 Å². The third-order valence-electron chi connectivity index (χ3n) is 4.16. The lowest BCUT2D eigenvalue weighted by atomic mass is 9.95. The summed E-state index contributed by atoms with van der Waals surface area (Å²) in [6.07, 6.45) is 6.99. The summed E-state index contributed by atoms with van der Waals surface area (Å²) in [5, 5.41) is 0. The molecule has 1 aliphatic rings. The SMILES string of the molecule is CCCn1cncc1-c1nc2n(c1N)C(C)CC(C)C2. The Balaban J connectivity index is 2.07. The molecule has 5 nitrogen and oxygen atoms in total. The van der Waals surface area contributed by atoms with Gasteiger partial charge in [-0.2, -0.15) is 0 Å². The van der Waals surface area contributed by atoms with Gasteiger partial charge in [-0.1, -0.05) is 13.8 Å². The Labute approximate surface area is 119 Å². The first kappa shape index (κ1) is 13.2. The second-order valence-electron chi connectivity index (χ2n) is 6.00. The second kappa shape index (κ2) is 4.96. The molecular formula is C15H23N5. The van der Waals surface area contributed by atoms with Gasteiger partial charge in [0.25, 0.3) is 0 Å². The molecule has 2 unspecified atom stereocenters. The van der Waals surface area contributed by atoms with Crippen LogP contribution in [0.4, 0.5) is 5.82 Å². The molecule has 0 fully saturated rings. The van der Waals surface area contributed by atoms with Crippen molar-refractivity contribution in [1.82, 2.24) is 19.1 Å². The van der Waals surface area contributed by atoms with Crippen LogP contribution < -0.4 is 5.73 Å². The monoisotopic (exact) mass is 273 g/mol. The molecule has 2 N–H and O–H groups in total. The summed E-state index contributed by atoms with van der Waals surface area (Å²) in [5.41, 5.74) is 8.30. The zero-order chi connectivity index (χ0) is 14.3. The van der Waals surface area contributed by atoms with Crippen LogP contribution in [0, 0.1) is 5.92 Å². The normalized spacial score (nSPS) is 21.9. The number of hydrogen-bond acceptors (Lipinski definition) is 3. The van der Waals surface area contributed by atoms with Crippen molar-refractivity contribution in [2.75, 3.05) is 5.73 Å². The summed E-state index contributed by atoms with van der Waals surface area (Å²) in [6, 6.07) is 0.428. The van der Waals surface area contributed by atoms with E-state index < -0.39 is 0 Å². The summed E-state index contributed by atoms with van der Waals surface area (Å²) >= 11 is 0. The van der Waals surface area contributed by atoms with Crippen molar-refractivity contribution in [3.05, 3.63) is 18.3 Å². The highest BCUT2D eigenvalue weighted by Crippen LogP contribution is 2.36. The van der Waals surface area contributed by atoms with Crippen LogP contribution in [0.15, 0.2) is 12.5 Å². The van der Waals surface area contributed by atoms with Gasteiger partial charge in [0.1, 0.15) is 17.3 Å². The fourth-order valence-corrected chi connectivity index (χ4v) is 3.34. The summed E-state index contributed by atoms with van der Waals surface area (Å²) in [7, 11) is 0. The minimum absolute atomic E-state index is 0.428. The number of aryl methyl sites for hydroxylation is 1. The zero-order valence-electron chi connectivity index (χ0n) is 12.5. The summed E-state index contributed by atoms with van der Waals surface area (Å²) in [5.74, 6) is 2.58. The van der Waals surface area contributed by atoms with E-state index in [9.17, 15) is 0 Å². The van der Waals surface area contributed by atoms with Gasteiger partial charge in [0.15, 0.2) is 0 Å². The van der Waals surface area contributed by atoms with Crippen LogP contribution in [-0.4, -0.2) is 19.1 Å². The maximum absolute atomic E-state index is 6.38. The van der Waals surface area contributed by atoms with Crippen LogP contribution in [0.5, 0.6) is 0 Å². The van der Waals surface area contributed by atoms with Gasteiger partial charge in [0.2, 0.25) is 0 Å². The molecule has 0 aromatic carbocycles. The molecule has 3 heterocycles. The third kappa shape index (κ3) is 2.01. The molecule has 0 saturated carbocycles. The first-order valence-electron chi connectivity index (χ1n) is 7.48. The number of aromatic nitrogens is 4. The van der Waals surface area contributed by atoms with Gasteiger partial charge in [-0.15, -0.1) is 0 Å². The standard InChI is InChI=1S/C15H23N5/c1-4-5-19-9-17-8-12(19)14-15(16)20-11(3)6-10(2)7-13(20)18-14/h8-11H,4-7,16H2,1-3H3. The summed E-state index contributed by atoms with van der Waals surface area (Å²) < 4.78 is 4.34. The molecule has 0 bridgehead atoms. The molecule has 0 radical (unpaired) electrons. The summed E-state index contributed by atoms with van der Waals surface area (Å²) in [6.45, 7) is 7.62. The van der Waals surface area contributed by atoms with E-state index in [1.807, 2.05) is 12.5 Å². The van der Waals surface area contributed by atoms with E-state index in [4.69, 9.17) is 10.7 Å². The molecule has 0 aliphatic carbocycles. The van der Waals surface area contributed by atoms with Crippen LogP contribution >= 0.6 is 0 Å². The lowest BCUT2D eigenvalue weighted by Gasteiger charge is -2.27. The second-order valence-corrected chi connectivity index (χ2v) is 6.00. The molecule has 0 saturated heterocycles. The van der Waals surface area contributed by atoms with Crippen molar-refractivity contribution in [2.24, 2.45) is 5.92 Å². The van der Waals surface area contributed by atoms with Crippen molar-refractivity contribution in [2.45, 2.75) is 52.6 Å². The van der Waals surface area contributed by atoms with Crippen molar-refractivity contribution in [1.29, 1.82) is 0 Å².